The van der Waals surface area contributed by atoms with Crippen LogP contribution in [0.5, 0.6) is 0 Å². The number of hydrogen-bond donors (Lipinski definition) is 3. The van der Waals surface area contributed by atoms with Crippen molar-refractivity contribution in [2.24, 2.45) is 5.16 Å². The second-order valence-electron chi connectivity index (χ2n) is 5.68. The zero-order valence-corrected chi connectivity index (χ0v) is 15.1. The van der Waals surface area contributed by atoms with Crippen LogP contribution in [0.4, 0.5) is 5.82 Å². The number of β-lactam (4-membered cyclic amide) rings is 1. The van der Waals surface area contributed by atoms with Gasteiger partial charge >= 0.3 is 5.97 Å². The maximum absolute atomic E-state index is 12.6. The molecule has 3 atom stereocenters. The first-order valence-corrected chi connectivity index (χ1v) is 8.72. The third kappa shape index (κ3) is 3.43. The van der Waals surface area contributed by atoms with Crippen LogP contribution in [0, 0.1) is 0 Å². The van der Waals surface area contributed by atoms with Crippen LogP contribution in [0.2, 0.25) is 0 Å². The number of thioether (sulfide) groups is 1. The number of fused-ring (bicyclic) bond motifs is 1. The SMILES string of the molecule is CON=C(C(=O)NC1C(=O)N2C(C(=O)O)=CC(C)S[C@H]12)c1nccc(N)n1. The van der Waals surface area contributed by atoms with Gasteiger partial charge in [0, 0.05) is 11.4 Å². The Morgan fingerprint density at radius 3 is 2.85 bits per heavy atom. The van der Waals surface area contributed by atoms with Gasteiger partial charge in [0.05, 0.1) is 0 Å². The molecule has 12 heteroatoms. The van der Waals surface area contributed by atoms with E-state index in [1.165, 1.54) is 37.2 Å². The zero-order chi connectivity index (χ0) is 19.7. The molecule has 0 spiro atoms. The molecule has 2 aliphatic heterocycles. The quantitative estimate of drug-likeness (QED) is 0.330. The highest BCUT2D eigenvalue weighted by Crippen LogP contribution is 2.40. The van der Waals surface area contributed by atoms with E-state index in [0.717, 1.165) is 4.90 Å². The molecule has 2 aliphatic rings. The average Bonchev–Trinajstić information content (AvgIpc) is 2.63. The maximum atomic E-state index is 12.6. The number of hydrogen-bond acceptors (Lipinski definition) is 9. The van der Waals surface area contributed by atoms with E-state index in [9.17, 15) is 19.5 Å². The molecule has 0 aliphatic carbocycles. The molecular weight excluding hydrogens is 376 g/mol. The molecule has 3 heterocycles. The van der Waals surface area contributed by atoms with E-state index in [1.807, 2.05) is 6.92 Å². The van der Waals surface area contributed by atoms with Crippen LogP contribution >= 0.6 is 11.8 Å². The van der Waals surface area contributed by atoms with Crippen LogP contribution in [0.25, 0.3) is 0 Å². The van der Waals surface area contributed by atoms with Crippen molar-refractivity contribution in [3.8, 4) is 0 Å². The molecule has 0 aromatic carbocycles. The fraction of sp³-hybridized carbons (Fsp3) is 0.333. The summed E-state index contributed by atoms with van der Waals surface area (Å²) in [6.45, 7) is 1.81. The van der Waals surface area contributed by atoms with Crippen molar-refractivity contribution in [2.45, 2.75) is 23.6 Å². The number of nitrogens with zero attached hydrogens (tertiary/aromatic N) is 4. The highest BCUT2D eigenvalue weighted by molar-refractivity contribution is 8.00. The lowest BCUT2D eigenvalue weighted by Gasteiger charge is -2.49. The minimum absolute atomic E-state index is 0.0613. The van der Waals surface area contributed by atoms with Crippen molar-refractivity contribution in [3.63, 3.8) is 0 Å². The Hall–Kier alpha value is -3.15. The van der Waals surface area contributed by atoms with Gasteiger partial charge in [0.15, 0.2) is 5.82 Å². The number of nitrogens with two attached hydrogens (primary N) is 1. The van der Waals surface area contributed by atoms with Gasteiger partial charge in [0.2, 0.25) is 5.71 Å². The number of anilines is 1. The number of nitrogen functional groups attached to an aromatic ring is 1. The van der Waals surface area contributed by atoms with Gasteiger partial charge in [-0.25, -0.2) is 14.8 Å². The number of nitrogens with one attached hydrogen (secondary N) is 1. The summed E-state index contributed by atoms with van der Waals surface area (Å²) < 4.78 is 0. The Balaban J connectivity index is 1.80. The minimum Gasteiger partial charge on any atom is -0.477 e. The largest absolute Gasteiger partial charge is 0.477 e. The smallest absolute Gasteiger partial charge is 0.352 e. The number of carbonyl (C=O) groups excluding carboxylic acids is 2. The molecule has 1 aromatic rings. The molecule has 1 saturated heterocycles. The molecule has 4 N–H and O–H groups in total. The summed E-state index contributed by atoms with van der Waals surface area (Å²) in [6.07, 6.45) is 2.85. The number of carboxylic acid groups (broad SMARTS) is 1. The zero-order valence-electron chi connectivity index (χ0n) is 14.3. The van der Waals surface area contributed by atoms with Crippen LogP contribution in [0.3, 0.4) is 0 Å². The molecule has 1 aromatic heterocycles. The van der Waals surface area contributed by atoms with Gasteiger partial charge in [-0.1, -0.05) is 5.16 Å². The lowest BCUT2D eigenvalue weighted by atomic mass is 10.0. The van der Waals surface area contributed by atoms with Crippen LogP contribution < -0.4 is 11.1 Å². The number of amides is 2. The second-order valence-corrected chi connectivity index (χ2v) is 7.17. The summed E-state index contributed by atoms with van der Waals surface area (Å²) in [5.41, 5.74) is 5.25. The van der Waals surface area contributed by atoms with E-state index in [-0.39, 0.29) is 28.3 Å². The molecule has 142 valence electrons. The van der Waals surface area contributed by atoms with Crippen LogP contribution in [-0.4, -0.2) is 67.2 Å². The Morgan fingerprint density at radius 2 is 2.22 bits per heavy atom. The molecule has 2 unspecified atom stereocenters. The predicted octanol–water partition coefficient (Wildman–Crippen LogP) is -0.834. The first-order valence-electron chi connectivity index (χ1n) is 7.78. The number of aliphatic carboxylic acids is 1. The van der Waals surface area contributed by atoms with Gasteiger partial charge in [-0.2, -0.15) is 0 Å². The van der Waals surface area contributed by atoms with Gasteiger partial charge in [-0.05, 0) is 19.1 Å². The van der Waals surface area contributed by atoms with Crippen molar-refractivity contribution in [3.05, 3.63) is 29.9 Å². The summed E-state index contributed by atoms with van der Waals surface area (Å²) >= 11 is 1.36. The lowest BCUT2D eigenvalue weighted by molar-refractivity contribution is -0.150. The van der Waals surface area contributed by atoms with Gasteiger partial charge in [0.1, 0.15) is 30.0 Å². The van der Waals surface area contributed by atoms with Crippen LogP contribution in [-0.2, 0) is 19.2 Å². The topological polar surface area (TPSA) is 160 Å². The van der Waals surface area contributed by atoms with Crippen molar-refractivity contribution in [1.29, 1.82) is 0 Å². The number of oxime groups is 1. The molecule has 0 saturated carbocycles. The summed E-state index contributed by atoms with van der Waals surface area (Å²) in [4.78, 5) is 50.0. The van der Waals surface area contributed by atoms with Crippen LogP contribution in [0.1, 0.15) is 12.7 Å². The predicted molar refractivity (Wildman–Crippen MR) is 95.3 cm³/mol. The third-order valence-electron chi connectivity index (χ3n) is 3.84. The summed E-state index contributed by atoms with van der Waals surface area (Å²) in [7, 11) is 1.25. The van der Waals surface area contributed by atoms with Gasteiger partial charge in [-0.3, -0.25) is 14.5 Å². The third-order valence-corrected chi connectivity index (χ3v) is 5.17. The van der Waals surface area contributed by atoms with Gasteiger partial charge in [-0.15, -0.1) is 11.8 Å². The van der Waals surface area contributed by atoms with Crippen molar-refractivity contribution in [2.75, 3.05) is 12.8 Å². The Morgan fingerprint density at radius 1 is 1.48 bits per heavy atom. The number of carbonyl (C=O) groups is 3. The molecule has 11 nitrogen and oxygen atoms in total. The van der Waals surface area contributed by atoms with E-state index in [1.54, 1.807) is 0 Å². The van der Waals surface area contributed by atoms with Gasteiger partial charge in [0.25, 0.3) is 11.8 Å². The molecule has 0 bridgehead atoms. The highest BCUT2D eigenvalue weighted by atomic mass is 32.2. The molecule has 3 rings (SSSR count). The van der Waals surface area contributed by atoms with Crippen LogP contribution in [0.15, 0.2) is 29.2 Å². The fourth-order valence-electron chi connectivity index (χ4n) is 2.70. The lowest BCUT2D eigenvalue weighted by Crippen LogP contribution is -2.71. The second kappa shape index (κ2) is 7.23. The normalized spacial score (nSPS) is 24.4. The summed E-state index contributed by atoms with van der Waals surface area (Å²) in [5.74, 6) is -2.38. The monoisotopic (exact) mass is 392 g/mol. The Kier molecular flexibility index (Phi) is 4.99. The number of aromatic nitrogens is 2. The van der Waals surface area contributed by atoms with E-state index in [4.69, 9.17) is 5.73 Å². The van der Waals surface area contributed by atoms with Crippen molar-refractivity contribution < 1.29 is 24.3 Å². The fourth-order valence-corrected chi connectivity index (χ4v) is 4.03. The Bertz CT molecular complexity index is 872. The molecule has 2 amide bonds. The van der Waals surface area contributed by atoms with Gasteiger partial charge < -0.3 is 21.0 Å². The summed E-state index contributed by atoms with van der Waals surface area (Å²) in [6, 6.07) is 0.537. The van der Waals surface area contributed by atoms with E-state index in [2.05, 4.69) is 25.3 Å². The van der Waals surface area contributed by atoms with E-state index in [0.29, 0.717) is 0 Å². The first-order chi connectivity index (χ1) is 12.8. The first kappa shape index (κ1) is 18.6. The molecule has 1 fully saturated rings. The van der Waals surface area contributed by atoms with Crippen molar-refractivity contribution >= 4 is 41.1 Å². The number of rotatable bonds is 5. The highest BCUT2D eigenvalue weighted by Gasteiger charge is 2.54. The molecular formula is C15H16N6O5S. The minimum atomic E-state index is -1.19. The Labute approximate surface area is 157 Å². The summed E-state index contributed by atoms with van der Waals surface area (Å²) in [5, 5.41) is 14.8. The molecule has 0 radical (unpaired) electrons. The molecule has 27 heavy (non-hydrogen) atoms. The average molecular weight is 392 g/mol. The van der Waals surface area contributed by atoms with E-state index < -0.39 is 29.2 Å². The van der Waals surface area contributed by atoms with Crippen molar-refractivity contribution in [1.82, 2.24) is 20.2 Å². The standard InChI is InChI=1S/C15H16N6O5S/c1-6-5-7(15(24)25)21-13(23)10(14(21)27-6)19-12(22)9(20-26-2)11-17-4-3-8(16)18-11/h3-6,10,14H,1-2H3,(H,19,22)(H,24,25)(H2,16,17,18)/t6?,10?,14-/m1/s1. The van der Waals surface area contributed by atoms with E-state index >= 15 is 0 Å². The maximum Gasteiger partial charge on any atom is 0.352 e. The number of carboxylic acids is 1.